The number of nitrogens with two attached hydrogens (primary N) is 1. The highest BCUT2D eigenvalue weighted by atomic mass is 15.3. The summed E-state index contributed by atoms with van der Waals surface area (Å²) in [5.41, 5.74) is 3.50. The Labute approximate surface area is 112 Å². The second kappa shape index (κ2) is 5.01. The van der Waals surface area contributed by atoms with Gasteiger partial charge in [0, 0.05) is 18.0 Å². The Balaban J connectivity index is 2.15. The second-order valence-electron chi connectivity index (χ2n) is 4.93. The first kappa shape index (κ1) is 12.2. The van der Waals surface area contributed by atoms with Gasteiger partial charge in [-0.15, -0.1) is 0 Å². The molecule has 1 aromatic carbocycles. The molecule has 3 N–H and O–H groups in total. The van der Waals surface area contributed by atoms with E-state index in [0.717, 1.165) is 29.7 Å². The monoisotopic (exact) mass is 257 g/mol. The van der Waals surface area contributed by atoms with E-state index in [1.165, 1.54) is 12.8 Å². The molecule has 3 rings (SSSR count). The number of nitrogens with zero attached hydrogens (tertiary/aromatic N) is 3. The molecule has 0 amide bonds. The average molecular weight is 257 g/mol. The number of anilines is 2. The number of rotatable bonds is 3. The Morgan fingerprint density at radius 3 is 3.00 bits per heavy atom. The minimum atomic E-state index is 0.482. The molecular formula is C14H19N5. The van der Waals surface area contributed by atoms with Crippen LogP contribution in [0.15, 0.2) is 24.3 Å². The van der Waals surface area contributed by atoms with Crippen LogP contribution in [-0.2, 0) is 0 Å². The van der Waals surface area contributed by atoms with Gasteiger partial charge in [0.15, 0.2) is 0 Å². The molecule has 5 heteroatoms. The molecule has 0 bridgehead atoms. The van der Waals surface area contributed by atoms with Crippen molar-refractivity contribution in [2.45, 2.75) is 32.2 Å². The summed E-state index contributed by atoms with van der Waals surface area (Å²) in [7, 11) is 0. The summed E-state index contributed by atoms with van der Waals surface area (Å²) < 4.78 is 0. The number of nitrogen functional groups attached to an aromatic ring is 1. The standard InChI is InChI=1S/C14H19N5/c1-2-10-6-5-9-19(10)13-11-7-3-4-8-12(11)16-14(17-13)18-15/h3-4,7-8,10H,2,5-6,9,15H2,1H3,(H,16,17,18). The van der Waals surface area contributed by atoms with E-state index >= 15 is 0 Å². The Bertz CT molecular complexity index is 583. The lowest BCUT2D eigenvalue weighted by Crippen LogP contribution is -2.30. The molecule has 2 heterocycles. The summed E-state index contributed by atoms with van der Waals surface area (Å²) in [4.78, 5) is 11.4. The first-order chi connectivity index (χ1) is 9.33. The molecule has 2 aromatic rings. The molecule has 1 aromatic heterocycles. The van der Waals surface area contributed by atoms with Crippen LogP contribution in [0.5, 0.6) is 0 Å². The predicted molar refractivity (Wildman–Crippen MR) is 78.0 cm³/mol. The molecule has 1 aliphatic rings. The van der Waals surface area contributed by atoms with Crippen LogP contribution in [0, 0.1) is 0 Å². The van der Waals surface area contributed by atoms with Crippen LogP contribution in [0.25, 0.3) is 10.9 Å². The van der Waals surface area contributed by atoms with Gasteiger partial charge >= 0.3 is 0 Å². The summed E-state index contributed by atoms with van der Waals surface area (Å²) in [5.74, 6) is 6.97. The highest BCUT2D eigenvalue weighted by molar-refractivity contribution is 5.90. The number of fused-ring (bicyclic) bond motifs is 1. The molecule has 1 saturated heterocycles. The van der Waals surface area contributed by atoms with Gasteiger partial charge in [-0.3, -0.25) is 5.43 Å². The van der Waals surface area contributed by atoms with E-state index in [0.29, 0.717) is 12.0 Å². The highest BCUT2D eigenvalue weighted by Gasteiger charge is 2.26. The van der Waals surface area contributed by atoms with Crippen LogP contribution in [0.1, 0.15) is 26.2 Å². The van der Waals surface area contributed by atoms with E-state index in [1.54, 1.807) is 0 Å². The largest absolute Gasteiger partial charge is 0.353 e. The SMILES string of the molecule is CCC1CCCN1c1nc(NN)nc2ccccc12. The number of hydrazine groups is 1. The first-order valence-electron chi connectivity index (χ1n) is 6.83. The lowest BCUT2D eigenvalue weighted by Gasteiger charge is -2.26. The van der Waals surface area contributed by atoms with Crippen LogP contribution in [-0.4, -0.2) is 22.6 Å². The number of aromatic nitrogens is 2. The molecule has 5 nitrogen and oxygen atoms in total. The van der Waals surface area contributed by atoms with Crippen molar-refractivity contribution in [3.05, 3.63) is 24.3 Å². The van der Waals surface area contributed by atoms with Crippen molar-refractivity contribution in [2.24, 2.45) is 5.84 Å². The Hall–Kier alpha value is -1.88. The van der Waals surface area contributed by atoms with Crippen LogP contribution in [0.4, 0.5) is 11.8 Å². The lowest BCUT2D eigenvalue weighted by molar-refractivity contribution is 0.642. The number of hydrogen-bond donors (Lipinski definition) is 2. The number of nitrogens with one attached hydrogen (secondary N) is 1. The number of para-hydroxylation sites is 1. The van der Waals surface area contributed by atoms with Crippen molar-refractivity contribution >= 4 is 22.7 Å². The number of hydrogen-bond acceptors (Lipinski definition) is 5. The molecule has 0 radical (unpaired) electrons. The summed E-state index contributed by atoms with van der Waals surface area (Å²) in [5, 5.41) is 1.10. The van der Waals surface area contributed by atoms with E-state index in [2.05, 4.69) is 33.3 Å². The fraction of sp³-hybridized carbons (Fsp3) is 0.429. The van der Waals surface area contributed by atoms with E-state index in [9.17, 15) is 0 Å². The molecule has 1 atom stereocenters. The average Bonchev–Trinajstić information content (AvgIpc) is 2.94. The van der Waals surface area contributed by atoms with Crippen molar-refractivity contribution < 1.29 is 0 Å². The minimum absolute atomic E-state index is 0.482. The van der Waals surface area contributed by atoms with Gasteiger partial charge in [0.05, 0.1) is 5.52 Å². The van der Waals surface area contributed by atoms with Gasteiger partial charge in [-0.2, -0.15) is 4.98 Å². The van der Waals surface area contributed by atoms with Gasteiger partial charge in [-0.1, -0.05) is 19.1 Å². The molecule has 0 aliphatic carbocycles. The van der Waals surface area contributed by atoms with E-state index in [4.69, 9.17) is 5.84 Å². The Kier molecular flexibility index (Phi) is 3.21. The highest BCUT2D eigenvalue weighted by Crippen LogP contribution is 2.31. The topological polar surface area (TPSA) is 67.1 Å². The molecule has 1 fully saturated rings. The van der Waals surface area contributed by atoms with Gasteiger partial charge in [0.25, 0.3) is 0 Å². The second-order valence-corrected chi connectivity index (χ2v) is 4.93. The Morgan fingerprint density at radius 2 is 2.21 bits per heavy atom. The van der Waals surface area contributed by atoms with Crippen LogP contribution in [0.3, 0.4) is 0 Å². The third kappa shape index (κ3) is 2.10. The molecule has 0 saturated carbocycles. The zero-order chi connectivity index (χ0) is 13.2. The molecule has 1 unspecified atom stereocenters. The Morgan fingerprint density at radius 1 is 1.37 bits per heavy atom. The van der Waals surface area contributed by atoms with E-state index < -0.39 is 0 Å². The lowest BCUT2D eigenvalue weighted by atomic mass is 10.1. The zero-order valence-corrected chi connectivity index (χ0v) is 11.1. The summed E-state index contributed by atoms with van der Waals surface area (Å²) in [6.07, 6.45) is 3.60. The number of benzene rings is 1. The van der Waals surface area contributed by atoms with E-state index in [1.807, 2.05) is 18.2 Å². The maximum Gasteiger partial charge on any atom is 0.239 e. The van der Waals surface area contributed by atoms with Gasteiger partial charge in [0.1, 0.15) is 5.82 Å². The van der Waals surface area contributed by atoms with Crippen molar-refractivity contribution in [1.29, 1.82) is 0 Å². The molecule has 19 heavy (non-hydrogen) atoms. The first-order valence-corrected chi connectivity index (χ1v) is 6.83. The zero-order valence-electron chi connectivity index (χ0n) is 11.1. The molecule has 1 aliphatic heterocycles. The van der Waals surface area contributed by atoms with Crippen molar-refractivity contribution in [2.75, 3.05) is 16.9 Å². The summed E-state index contributed by atoms with van der Waals surface area (Å²) in [6.45, 7) is 3.29. The normalized spacial score (nSPS) is 19.1. The molecule has 100 valence electrons. The van der Waals surface area contributed by atoms with Crippen LogP contribution in [0.2, 0.25) is 0 Å². The van der Waals surface area contributed by atoms with Crippen LogP contribution < -0.4 is 16.2 Å². The fourth-order valence-electron chi connectivity index (χ4n) is 2.88. The van der Waals surface area contributed by atoms with Gasteiger partial charge in [-0.25, -0.2) is 10.8 Å². The summed E-state index contributed by atoms with van der Waals surface area (Å²) >= 11 is 0. The van der Waals surface area contributed by atoms with Crippen molar-refractivity contribution in [3.63, 3.8) is 0 Å². The quantitative estimate of drug-likeness (QED) is 0.652. The molecule has 0 spiro atoms. The van der Waals surface area contributed by atoms with E-state index in [-0.39, 0.29) is 0 Å². The smallest absolute Gasteiger partial charge is 0.239 e. The van der Waals surface area contributed by atoms with Gasteiger partial charge < -0.3 is 4.90 Å². The summed E-state index contributed by atoms with van der Waals surface area (Å²) in [6, 6.07) is 8.67. The molecular weight excluding hydrogens is 238 g/mol. The van der Waals surface area contributed by atoms with Gasteiger partial charge in [-0.05, 0) is 31.4 Å². The van der Waals surface area contributed by atoms with Gasteiger partial charge in [0.2, 0.25) is 5.95 Å². The van der Waals surface area contributed by atoms with Crippen molar-refractivity contribution in [1.82, 2.24) is 9.97 Å². The third-order valence-corrected chi connectivity index (χ3v) is 3.83. The van der Waals surface area contributed by atoms with Crippen LogP contribution >= 0.6 is 0 Å². The fourth-order valence-corrected chi connectivity index (χ4v) is 2.88. The maximum atomic E-state index is 5.48. The maximum absolute atomic E-state index is 5.48. The van der Waals surface area contributed by atoms with Crippen molar-refractivity contribution in [3.8, 4) is 0 Å². The third-order valence-electron chi connectivity index (χ3n) is 3.83. The predicted octanol–water partition coefficient (Wildman–Crippen LogP) is 2.29. The minimum Gasteiger partial charge on any atom is -0.353 e.